The van der Waals surface area contributed by atoms with Gasteiger partial charge < -0.3 is 5.11 Å². The molecule has 0 rings (SSSR count). The first-order valence-corrected chi connectivity index (χ1v) is 8.54. The molecule has 1 unspecified atom stereocenters. The van der Waals surface area contributed by atoms with E-state index in [0.29, 0.717) is 6.42 Å². The lowest BCUT2D eigenvalue weighted by atomic mass is 10.1. The normalized spacial score (nSPS) is 13.2. The molecule has 0 saturated heterocycles. The topological polar surface area (TPSA) is 66.8 Å². The lowest BCUT2D eigenvalue weighted by molar-refractivity contribution is -0.264. The Morgan fingerprint density at radius 3 is 2.36 bits per heavy atom. The molecule has 0 aromatic heterocycles. The number of carboxylic acids is 1. The maximum atomic E-state index is 10.3. The summed E-state index contributed by atoms with van der Waals surface area (Å²) in [6.07, 6.45) is 18.4. The van der Waals surface area contributed by atoms with Crippen molar-refractivity contribution in [3.63, 3.8) is 0 Å². The number of hydrogen-bond donors (Lipinski definition) is 2. The van der Waals surface area contributed by atoms with Gasteiger partial charge in [-0.05, 0) is 38.5 Å². The fourth-order valence-electron chi connectivity index (χ4n) is 2.16. The number of allylic oxidation sites excluding steroid dienone is 2. The molecule has 0 bridgehead atoms. The Morgan fingerprint density at radius 1 is 1.00 bits per heavy atom. The van der Waals surface area contributed by atoms with Gasteiger partial charge in [0, 0.05) is 6.42 Å². The molecule has 0 aliphatic heterocycles. The van der Waals surface area contributed by atoms with Gasteiger partial charge in [0.15, 0.2) is 0 Å². The van der Waals surface area contributed by atoms with Crippen LogP contribution >= 0.6 is 0 Å². The van der Waals surface area contributed by atoms with Crippen molar-refractivity contribution in [3.8, 4) is 0 Å². The number of carboxylic acid groups (broad SMARTS) is 1. The molecule has 0 heterocycles. The van der Waals surface area contributed by atoms with Crippen LogP contribution in [0, 0.1) is 0 Å². The number of rotatable bonds is 15. The predicted molar refractivity (Wildman–Crippen MR) is 89.9 cm³/mol. The van der Waals surface area contributed by atoms with E-state index in [9.17, 15) is 4.79 Å². The molecule has 4 heteroatoms. The summed E-state index contributed by atoms with van der Waals surface area (Å²) >= 11 is 0. The smallest absolute Gasteiger partial charge is 0.303 e. The highest BCUT2D eigenvalue weighted by atomic mass is 17.1. The highest BCUT2D eigenvalue weighted by Crippen LogP contribution is 2.08. The molecule has 0 saturated carbocycles. The Labute approximate surface area is 134 Å². The van der Waals surface area contributed by atoms with E-state index in [1.54, 1.807) is 0 Å². The molecule has 2 N–H and O–H groups in total. The largest absolute Gasteiger partial charge is 0.481 e. The molecule has 128 valence electrons. The molecule has 1 atom stereocenters. The van der Waals surface area contributed by atoms with Crippen molar-refractivity contribution in [1.82, 2.24) is 0 Å². The van der Waals surface area contributed by atoms with E-state index in [2.05, 4.69) is 24.0 Å². The molecule has 4 nitrogen and oxygen atoms in total. The minimum atomic E-state index is -0.710. The average Bonchev–Trinajstić information content (AvgIpc) is 2.50. The van der Waals surface area contributed by atoms with Crippen molar-refractivity contribution in [2.24, 2.45) is 0 Å². The van der Waals surface area contributed by atoms with E-state index < -0.39 is 5.97 Å². The second-order valence-corrected chi connectivity index (χ2v) is 5.62. The molecule has 22 heavy (non-hydrogen) atoms. The zero-order chi connectivity index (χ0) is 16.5. The Balaban J connectivity index is 3.56. The summed E-state index contributed by atoms with van der Waals surface area (Å²) in [5.74, 6) is -0.710. The molecule has 0 radical (unpaired) electrons. The summed E-state index contributed by atoms with van der Waals surface area (Å²) in [4.78, 5) is 14.8. The molecular weight excluding hydrogens is 280 g/mol. The summed E-state index contributed by atoms with van der Waals surface area (Å²) in [5.41, 5.74) is 0. The van der Waals surface area contributed by atoms with Gasteiger partial charge in [0.05, 0.1) is 0 Å². The third-order valence-corrected chi connectivity index (χ3v) is 3.51. The van der Waals surface area contributed by atoms with E-state index in [1.165, 1.54) is 19.3 Å². The second kappa shape index (κ2) is 16.2. The first-order valence-electron chi connectivity index (χ1n) is 8.54. The van der Waals surface area contributed by atoms with Crippen LogP contribution in [0.15, 0.2) is 24.3 Å². The van der Waals surface area contributed by atoms with Crippen LogP contribution in [0.4, 0.5) is 0 Å². The van der Waals surface area contributed by atoms with Crippen LogP contribution in [-0.2, 0) is 9.68 Å². The number of unbranched alkanes of at least 4 members (excludes halogenated alkanes) is 7. The number of hydrogen-bond acceptors (Lipinski definition) is 3. The van der Waals surface area contributed by atoms with Gasteiger partial charge in [-0.1, -0.05) is 56.9 Å². The average molecular weight is 312 g/mol. The first kappa shape index (κ1) is 20.9. The van der Waals surface area contributed by atoms with Crippen LogP contribution in [0.25, 0.3) is 0 Å². The second-order valence-electron chi connectivity index (χ2n) is 5.62. The quantitative estimate of drug-likeness (QED) is 0.185. The summed E-state index contributed by atoms with van der Waals surface area (Å²) in [7, 11) is 0. The maximum Gasteiger partial charge on any atom is 0.303 e. The number of aliphatic carboxylic acids is 1. The van der Waals surface area contributed by atoms with Crippen molar-refractivity contribution < 1.29 is 20.0 Å². The van der Waals surface area contributed by atoms with Crippen molar-refractivity contribution in [3.05, 3.63) is 24.3 Å². The van der Waals surface area contributed by atoms with E-state index in [1.807, 2.05) is 12.2 Å². The summed E-state index contributed by atoms with van der Waals surface area (Å²) in [6.45, 7) is 2.18. The molecule has 0 spiro atoms. The fourth-order valence-corrected chi connectivity index (χ4v) is 2.16. The standard InChI is InChI=1S/C18H32O4/c1-2-3-4-8-11-14-17(22-21)15-12-9-6-5-7-10-13-16-18(19)20/h9,11-12,14,17,21H,2-8,10,13,15-16H2,1H3,(H,19,20)/b12-9-,14-11-. The zero-order valence-electron chi connectivity index (χ0n) is 13.9. The van der Waals surface area contributed by atoms with Gasteiger partial charge >= 0.3 is 5.97 Å². The highest BCUT2D eigenvalue weighted by Gasteiger charge is 2.00. The van der Waals surface area contributed by atoms with Crippen molar-refractivity contribution in [1.29, 1.82) is 0 Å². The van der Waals surface area contributed by atoms with Crippen LogP contribution in [0.3, 0.4) is 0 Å². The van der Waals surface area contributed by atoms with Crippen LogP contribution in [0.5, 0.6) is 0 Å². The van der Waals surface area contributed by atoms with Gasteiger partial charge in [-0.2, -0.15) is 0 Å². The molecular formula is C18H32O4. The summed E-state index contributed by atoms with van der Waals surface area (Å²) < 4.78 is 0. The lowest BCUT2D eigenvalue weighted by Crippen LogP contribution is -2.05. The monoisotopic (exact) mass is 312 g/mol. The Morgan fingerprint density at radius 2 is 1.68 bits per heavy atom. The molecule has 0 fully saturated rings. The fraction of sp³-hybridized carbons (Fsp3) is 0.722. The third-order valence-electron chi connectivity index (χ3n) is 3.51. The van der Waals surface area contributed by atoms with Crippen LogP contribution in [0.2, 0.25) is 0 Å². The van der Waals surface area contributed by atoms with Crippen molar-refractivity contribution in [2.75, 3.05) is 0 Å². The summed E-state index contributed by atoms with van der Waals surface area (Å²) in [5, 5.41) is 17.4. The molecule has 0 aliphatic carbocycles. The van der Waals surface area contributed by atoms with E-state index in [4.69, 9.17) is 10.4 Å². The van der Waals surface area contributed by atoms with Gasteiger partial charge in [0.25, 0.3) is 0 Å². The Bertz CT molecular complexity index is 310. The molecule has 0 aliphatic rings. The lowest BCUT2D eigenvalue weighted by Gasteiger charge is -2.05. The molecule has 0 aromatic rings. The van der Waals surface area contributed by atoms with E-state index in [0.717, 1.165) is 38.5 Å². The zero-order valence-corrected chi connectivity index (χ0v) is 13.9. The van der Waals surface area contributed by atoms with Gasteiger partial charge in [0.1, 0.15) is 6.10 Å². The predicted octanol–water partition coefficient (Wildman–Crippen LogP) is 5.35. The SMILES string of the molecule is CCCCC/C=C\C(C/C=C\CCCCCCC(=O)O)OO. The van der Waals surface area contributed by atoms with Gasteiger partial charge in [-0.3, -0.25) is 10.1 Å². The number of carbonyl (C=O) groups is 1. The Kier molecular flexibility index (Phi) is 15.4. The molecule has 0 amide bonds. The van der Waals surface area contributed by atoms with Crippen molar-refractivity contribution in [2.45, 2.75) is 83.7 Å². The minimum absolute atomic E-state index is 0.256. The highest BCUT2D eigenvalue weighted by molar-refractivity contribution is 5.66. The van der Waals surface area contributed by atoms with Crippen molar-refractivity contribution >= 4 is 5.97 Å². The third kappa shape index (κ3) is 15.3. The van der Waals surface area contributed by atoms with E-state index in [-0.39, 0.29) is 12.5 Å². The minimum Gasteiger partial charge on any atom is -0.481 e. The van der Waals surface area contributed by atoms with Crippen LogP contribution < -0.4 is 0 Å². The van der Waals surface area contributed by atoms with Gasteiger partial charge in [-0.15, -0.1) is 0 Å². The maximum absolute atomic E-state index is 10.3. The summed E-state index contributed by atoms with van der Waals surface area (Å²) in [6, 6.07) is 0. The van der Waals surface area contributed by atoms with Crippen LogP contribution in [0.1, 0.15) is 77.6 Å². The molecule has 0 aromatic carbocycles. The Hall–Kier alpha value is -1.13. The van der Waals surface area contributed by atoms with E-state index >= 15 is 0 Å². The first-order chi connectivity index (χ1) is 10.7. The van der Waals surface area contributed by atoms with Gasteiger partial charge in [0.2, 0.25) is 0 Å². The van der Waals surface area contributed by atoms with Gasteiger partial charge in [-0.25, -0.2) is 4.89 Å². The van der Waals surface area contributed by atoms with Crippen LogP contribution in [-0.4, -0.2) is 22.4 Å².